The Morgan fingerprint density at radius 2 is 2.32 bits per heavy atom. The van der Waals surface area contributed by atoms with Crippen LogP contribution in [0.5, 0.6) is 5.75 Å². The van der Waals surface area contributed by atoms with Gasteiger partial charge in [0.25, 0.3) is 0 Å². The van der Waals surface area contributed by atoms with Crippen molar-refractivity contribution < 1.29 is 14.3 Å². The average Bonchev–Trinajstić information content (AvgIpc) is 2.47. The molecule has 1 aliphatic rings. The van der Waals surface area contributed by atoms with E-state index in [2.05, 4.69) is 10.3 Å². The third-order valence-electron chi connectivity index (χ3n) is 3.38. The fourth-order valence-corrected chi connectivity index (χ4v) is 2.73. The van der Waals surface area contributed by atoms with Crippen LogP contribution < -0.4 is 10.1 Å². The van der Waals surface area contributed by atoms with Crippen LogP contribution in [-0.2, 0) is 9.59 Å². The van der Waals surface area contributed by atoms with E-state index in [0.717, 1.165) is 5.75 Å². The predicted molar refractivity (Wildman–Crippen MR) is 85.8 cm³/mol. The quantitative estimate of drug-likeness (QED) is 0.808. The first-order valence-electron chi connectivity index (χ1n) is 7.21. The van der Waals surface area contributed by atoms with Crippen molar-refractivity contribution in [2.75, 3.05) is 25.1 Å². The molecule has 120 valence electrons. The van der Waals surface area contributed by atoms with Crippen LogP contribution in [-0.4, -0.2) is 58.9 Å². The summed E-state index contributed by atoms with van der Waals surface area (Å²) >= 11 is 1.66. The Labute approximate surface area is 134 Å². The van der Waals surface area contributed by atoms with E-state index < -0.39 is 6.04 Å². The Kier molecular flexibility index (Phi) is 6.06. The van der Waals surface area contributed by atoms with Crippen molar-refractivity contribution in [2.45, 2.75) is 25.5 Å². The van der Waals surface area contributed by atoms with Crippen molar-refractivity contribution in [3.8, 4) is 5.75 Å². The van der Waals surface area contributed by atoms with Gasteiger partial charge in [-0.05, 0) is 30.6 Å². The summed E-state index contributed by atoms with van der Waals surface area (Å²) in [5.41, 5.74) is 0. The van der Waals surface area contributed by atoms with E-state index >= 15 is 0 Å². The molecule has 1 fully saturated rings. The lowest BCUT2D eigenvalue weighted by atomic mass is 10.1. The largest absolute Gasteiger partial charge is 0.485 e. The summed E-state index contributed by atoms with van der Waals surface area (Å²) in [6, 6.07) is 3.21. The Balaban J connectivity index is 1.82. The molecular weight excluding hydrogens is 302 g/mol. The van der Waals surface area contributed by atoms with Gasteiger partial charge < -0.3 is 15.0 Å². The van der Waals surface area contributed by atoms with Gasteiger partial charge in [-0.2, -0.15) is 11.8 Å². The second-order valence-electron chi connectivity index (χ2n) is 5.21. The van der Waals surface area contributed by atoms with Gasteiger partial charge in [-0.3, -0.25) is 14.6 Å². The van der Waals surface area contributed by atoms with E-state index in [4.69, 9.17) is 4.74 Å². The molecule has 1 saturated heterocycles. The maximum atomic E-state index is 12.4. The van der Waals surface area contributed by atoms with E-state index in [1.165, 1.54) is 6.92 Å². The molecule has 1 N–H and O–H groups in total. The smallest absolute Gasteiger partial charge is 0.245 e. The molecule has 1 unspecified atom stereocenters. The fourth-order valence-electron chi connectivity index (χ4n) is 2.26. The SMILES string of the molecule is CSCCC(NC(C)=O)C(=O)N1CC(Oc2cccnc2)C1. The Hall–Kier alpha value is -1.76. The highest BCUT2D eigenvalue weighted by Gasteiger charge is 2.35. The van der Waals surface area contributed by atoms with Crippen molar-refractivity contribution in [1.82, 2.24) is 15.2 Å². The van der Waals surface area contributed by atoms with Crippen molar-refractivity contribution in [2.24, 2.45) is 0 Å². The second kappa shape index (κ2) is 8.03. The van der Waals surface area contributed by atoms with E-state index in [1.807, 2.05) is 18.4 Å². The minimum atomic E-state index is -0.440. The zero-order chi connectivity index (χ0) is 15.9. The van der Waals surface area contributed by atoms with Gasteiger partial charge in [-0.25, -0.2) is 0 Å². The topological polar surface area (TPSA) is 71.5 Å². The van der Waals surface area contributed by atoms with Gasteiger partial charge in [0.15, 0.2) is 0 Å². The van der Waals surface area contributed by atoms with Crippen LogP contribution >= 0.6 is 11.8 Å². The minimum Gasteiger partial charge on any atom is -0.485 e. The zero-order valence-corrected chi connectivity index (χ0v) is 13.6. The van der Waals surface area contributed by atoms with E-state index in [9.17, 15) is 9.59 Å². The highest BCUT2D eigenvalue weighted by Crippen LogP contribution is 2.18. The highest BCUT2D eigenvalue weighted by molar-refractivity contribution is 7.98. The lowest BCUT2D eigenvalue weighted by molar-refractivity contribution is -0.144. The predicted octanol–water partition coefficient (Wildman–Crippen LogP) is 0.929. The molecule has 1 aromatic heterocycles. The first-order valence-corrected chi connectivity index (χ1v) is 8.61. The number of rotatable bonds is 7. The summed E-state index contributed by atoms with van der Waals surface area (Å²) in [5, 5.41) is 2.73. The molecule has 0 radical (unpaired) electrons. The third-order valence-corrected chi connectivity index (χ3v) is 4.03. The van der Waals surface area contributed by atoms with E-state index in [0.29, 0.717) is 25.3 Å². The molecule has 1 aliphatic heterocycles. The van der Waals surface area contributed by atoms with E-state index in [-0.39, 0.29) is 17.9 Å². The third kappa shape index (κ3) is 4.62. The molecule has 1 atom stereocenters. The molecule has 2 heterocycles. The fraction of sp³-hybridized carbons (Fsp3) is 0.533. The van der Waals surface area contributed by atoms with Crippen molar-refractivity contribution in [1.29, 1.82) is 0 Å². The van der Waals surface area contributed by atoms with Crippen molar-refractivity contribution in [3.63, 3.8) is 0 Å². The number of carbonyl (C=O) groups is 2. The van der Waals surface area contributed by atoms with Gasteiger partial charge in [-0.1, -0.05) is 0 Å². The van der Waals surface area contributed by atoms with Crippen LogP contribution in [0.2, 0.25) is 0 Å². The molecular formula is C15H21N3O3S. The first-order chi connectivity index (χ1) is 10.6. The number of hydrogen-bond acceptors (Lipinski definition) is 5. The lowest BCUT2D eigenvalue weighted by Gasteiger charge is -2.40. The summed E-state index contributed by atoms with van der Waals surface area (Å²) in [6.45, 7) is 2.52. The molecule has 2 rings (SSSR count). The van der Waals surface area contributed by atoms with Gasteiger partial charge in [0.05, 0.1) is 19.3 Å². The number of amides is 2. The summed E-state index contributed by atoms with van der Waals surface area (Å²) in [4.78, 5) is 29.3. The van der Waals surface area contributed by atoms with E-state index in [1.54, 1.807) is 29.1 Å². The molecule has 7 heteroatoms. The number of thioether (sulfide) groups is 1. The van der Waals surface area contributed by atoms with Gasteiger partial charge in [0, 0.05) is 13.1 Å². The zero-order valence-electron chi connectivity index (χ0n) is 12.8. The molecule has 6 nitrogen and oxygen atoms in total. The number of nitrogens with zero attached hydrogens (tertiary/aromatic N) is 2. The number of likely N-dealkylation sites (tertiary alicyclic amines) is 1. The van der Waals surface area contributed by atoms with Crippen molar-refractivity contribution >= 4 is 23.6 Å². The highest BCUT2D eigenvalue weighted by atomic mass is 32.2. The van der Waals surface area contributed by atoms with Gasteiger partial charge in [0.2, 0.25) is 11.8 Å². The lowest BCUT2D eigenvalue weighted by Crippen LogP contribution is -2.60. The average molecular weight is 323 g/mol. The molecule has 0 saturated carbocycles. The Bertz CT molecular complexity index is 506. The maximum absolute atomic E-state index is 12.4. The molecule has 1 aromatic rings. The summed E-state index contributed by atoms with van der Waals surface area (Å²) < 4.78 is 5.72. The van der Waals surface area contributed by atoms with Crippen molar-refractivity contribution in [3.05, 3.63) is 24.5 Å². The molecule has 2 amide bonds. The molecule has 0 bridgehead atoms. The summed E-state index contributed by atoms with van der Waals surface area (Å²) in [6.07, 6.45) is 5.96. The van der Waals surface area contributed by atoms with Crippen LogP contribution in [0.25, 0.3) is 0 Å². The number of nitrogens with one attached hydrogen (secondary N) is 1. The molecule has 0 aliphatic carbocycles. The summed E-state index contributed by atoms with van der Waals surface area (Å²) in [5.74, 6) is 1.33. The van der Waals surface area contributed by atoms with Crippen LogP contribution in [0.1, 0.15) is 13.3 Å². The first kappa shape index (κ1) is 16.6. The molecule has 22 heavy (non-hydrogen) atoms. The maximum Gasteiger partial charge on any atom is 0.245 e. The van der Waals surface area contributed by atoms with Crippen LogP contribution in [0, 0.1) is 0 Å². The molecule has 0 spiro atoms. The number of aromatic nitrogens is 1. The van der Waals surface area contributed by atoms with Gasteiger partial charge >= 0.3 is 0 Å². The number of ether oxygens (including phenoxy) is 1. The standard InChI is InChI=1S/C15H21N3O3S/c1-11(19)17-14(5-7-22-2)15(20)18-9-13(10-18)21-12-4-3-6-16-8-12/h3-4,6,8,13-14H,5,7,9-10H2,1-2H3,(H,17,19). The van der Waals surface area contributed by atoms with Gasteiger partial charge in [0.1, 0.15) is 17.9 Å². The van der Waals surface area contributed by atoms with Crippen LogP contribution in [0.3, 0.4) is 0 Å². The van der Waals surface area contributed by atoms with Crippen LogP contribution in [0.15, 0.2) is 24.5 Å². The number of pyridine rings is 1. The Morgan fingerprint density at radius 1 is 1.55 bits per heavy atom. The van der Waals surface area contributed by atoms with Crippen LogP contribution in [0.4, 0.5) is 0 Å². The minimum absolute atomic E-state index is 0.00771. The number of hydrogen-bond donors (Lipinski definition) is 1. The normalized spacial score (nSPS) is 15.8. The second-order valence-corrected chi connectivity index (χ2v) is 6.19. The molecule has 0 aromatic carbocycles. The number of carbonyl (C=O) groups excluding carboxylic acids is 2. The van der Waals surface area contributed by atoms with Gasteiger partial charge in [-0.15, -0.1) is 0 Å². The monoisotopic (exact) mass is 323 g/mol. The summed E-state index contributed by atoms with van der Waals surface area (Å²) in [7, 11) is 0. The Morgan fingerprint density at radius 3 is 2.91 bits per heavy atom.